The molecule has 50 heavy (non-hydrogen) atoms. The molecule has 0 aliphatic carbocycles. The number of aliphatic hydroxyl groups excluding tert-OH is 1. The number of methoxy groups -OCH3 is 1. The first kappa shape index (κ1) is 36.0. The van der Waals surface area contributed by atoms with E-state index in [-0.39, 0.29) is 36.0 Å². The number of anilines is 1. The Balaban J connectivity index is 1.32. The lowest BCUT2D eigenvalue weighted by Crippen LogP contribution is -2.52. The van der Waals surface area contributed by atoms with Gasteiger partial charge in [-0.3, -0.25) is 0 Å². The third-order valence-electron chi connectivity index (χ3n) is 10.0. The number of nitrogens with zero attached hydrogens (tertiary/aromatic N) is 5. The molecule has 1 unspecified atom stereocenters. The van der Waals surface area contributed by atoms with E-state index in [1.165, 1.54) is 6.33 Å². The van der Waals surface area contributed by atoms with Gasteiger partial charge in [0, 0.05) is 38.8 Å². The molecule has 0 bridgehead atoms. The molecule has 0 saturated carbocycles. The number of ether oxygens (including phenoxy) is 3. The van der Waals surface area contributed by atoms with E-state index in [2.05, 4.69) is 28.0 Å². The number of hydrogen-bond acceptors (Lipinski definition) is 9. The Labute approximate surface area is 295 Å². The summed E-state index contributed by atoms with van der Waals surface area (Å²) in [6.45, 7) is 7.50. The van der Waals surface area contributed by atoms with Crippen LogP contribution < -0.4 is 9.64 Å². The van der Waals surface area contributed by atoms with Crippen LogP contribution >= 0.6 is 0 Å². The van der Waals surface area contributed by atoms with Gasteiger partial charge in [-0.25, -0.2) is 18.1 Å². The second-order valence-electron chi connectivity index (χ2n) is 13.3. The molecule has 11 nitrogen and oxygen atoms in total. The van der Waals surface area contributed by atoms with E-state index in [0.29, 0.717) is 32.7 Å². The van der Waals surface area contributed by atoms with E-state index in [1.807, 2.05) is 60.1 Å². The molecule has 4 aromatic rings. The van der Waals surface area contributed by atoms with Gasteiger partial charge in [-0.05, 0) is 73.6 Å². The fourth-order valence-electron chi connectivity index (χ4n) is 7.18. The van der Waals surface area contributed by atoms with Crippen LogP contribution in [0.3, 0.4) is 0 Å². The van der Waals surface area contributed by atoms with Crippen molar-refractivity contribution in [2.24, 2.45) is 0 Å². The molecule has 1 saturated heterocycles. The molecular weight excluding hydrogens is 655 g/mol. The Morgan fingerprint density at radius 1 is 1.06 bits per heavy atom. The number of rotatable bonds is 15. The standard InChI is InChI=1S/C38H49N5O6S/c1-4-32(42-27-39-26-40-42)21-33-22-35(31-11-8-29(24-44)9-12-31)38(23-43(33)50(45,46)34-13-6-28(2)7-14-34)49-25-30-10-15-37-36(20-30)41(17-19-48-37)16-5-18-47-3/h6-15,20,26-27,32-33,35,38,44H,4-5,16-19,21-25H2,1-3H3/t32?,33-,35+,38-/m0/s1. The Morgan fingerprint density at radius 2 is 1.84 bits per heavy atom. The predicted molar refractivity (Wildman–Crippen MR) is 192 cm³/mol. The van der Waals surface area contributed by atoms with Gasteiger partial charge in [0.05, 0.1) is 42.5 Å². The first-order chi connectivity index (χ1) is 24.3. The maximum absolute atomic E-state index is 14.5. The molecule has 1 N–H and O–H groups in total. The quantitative estimate of drug-likeness (QED) is 0.161. The zero-order chi connectivity index (χ0) is 35.1. The summed E-state index contributed by atoms with van der Waals surface area (Å²) in [6, 6.07) is 20.8. The van der Waals surface area contributed by atoms with Crippen molar-refractivity contribution in [3.63, 3.8) is 0 Å². The fourth-order valence-corrected chi connectivity index (χ4v) is 8.84. The predicted octanol–water partition coefficient (Wildman–Crippen LogP) is 5.49. The van der Waals surface area contributed by atoms with Crippen LogP contribution in [0.1, 0.15) is 66.8 Å². The van der Waals surface area contributed by atoms with Crippen LogP contribution in [-0.2, 0) is 32.7 Å². The highest BCUT2D eigenvalue weighted by atomic mass is 32.2. The molecule has 4 atom stereocenters. The second kappa shape index (κ2) is 16.5. The largest absolute Gasteiger partial charge is 0.490 e. The lowest BCUT2D eigenvalue weighted by molar-refractivity contribution is -0.0227. The average molecular weight is 704 g/mol. The highest BCUT2D eigenvalue weighted by Crippen LogP contribution is 2.40. The molecule has 3 heterocycles. The highest BCUT2D eigenvalue weighted by molar-refractivity contribution is 7.89. The monoisotopic (exact) mass is 703 g/mol. The van der Waals surface area contributed by atoms with Crippen LogP contribution in [-0.4, -0.2) is 84.7 Å². The molecule has 0 spiro atoms. The van der Waals surface area contributed by atoms with Crippen LogP contribution in [0.25, 0.3) is 0 Å². The van der Waals surface area contributed by atoms with Gasteiger partial charge in [0.2, 0.25) is 10.0 Å². The van der Waals surface area contributed by atoms with Crippen molar-refractivity contribution in [1.82, 2.24) is 19.1 Å². The summed E-state index contributed by atoms with van der Waals surface area (Å²) in [5.74, 6) is 0.768. The van der Waals surface area contributed by atoms with Crippen molar-refractivity contribution >= 4 is 15.7 Å². The molecule has 268 valence electrons. The minimum atomic E-state index is -3.87. The Kier molecular flexibility index (Phi) is 11.9. The highest BCUT2D eigenvalue weighted by Gasteiger charge is 2.43. The van der Waals surface area contributed by atoms with Crippen LogP contribution in [0.2, 0.25) is 0 Å². The number of benzene rings is 3. The first-order valence-electron chi connectivity index (χ1n) is 17.5. The van der Waals surface area contributed by atoms with Gasteiger partial charge in [0.15, 0.2) is 0 Å². The summed E-state index contributed by atoms with van der Waals surface area (Å²) in [4.78, 5) is 6.76. The third-order valence-corrected chi connectivity index (χ3v) is 11.9. The number of aromatic nitrogens is 3. The molecular formula is C38H49N5O6S. The maximum atomic E-state index is 14.5. The SMILES string of the molecule is CCC(C[C@H]1C[C@H](c2ccc(CO)cc2)[C@@H](OCc2ccc3c(c2)N(CCCOC)CCO3)CN1S(=O)(=O)c1ccc(C)cc1)n1cncn1. The van der Waals surface area contributed by atoms with E-state index in [9.17, 15) is 13.5 Å². The van der Waals surface area contributed by atoms with E-state index in [4.69, 9.17) is 14.2 Å². The Bertz CT molecular complexity index is 1770. The molecule has 3 aromatic carbocycles. The summed E-state index contributed by atoms with van der Waals surface area (Å²) in [5, 5.41) is 14.2. The Hall–Kier alpha value is -3.81. The lowest BCUT2D eigenvalue weighted by atomic mass is 9.82. The third kappa shape index (κ3) is 8.21. The van der Waals surface area contributed by atoms with E-state index in [1.54, 1.807) is 29.9 Å². The summed E-state index contributed by atoms with van der Waals surface area (Å²) in [7, 11) is -2.15. The number of aryl methyl sites for hydroxylation is 1. The van der Waals surface area contributed by atoms with Gasteiger partial charge in [-0.2, -0.15) is 9.40 Å². The van der Waals surface area contributed by atoms with Gasteiger partial charge >= 0.3 is 0 Å². The van der Waals surface area contributed by atoms with Gasteiger partial charge in [0.25, 0.3) is 0 Å². The summed E-state index contributed by atoms with van der Waals surface area (Å²) in [5.41, 5.74) is 4.91. The normalized spacial score (nSPS) is 20.3. The first-order valence-corrected chi connectivity index (χ1v) is 19.0. The summed E-state index contributed by atoms with van der Waals surface area (Å²) < 4.78 is 50.5. The maximum Gasteiger partial charge on any atom is 0.243 e. The van der Waals surface area contributed by atoms with Crippen LogP contribution in [0.4, 0.5) is 5.69 Å². The average Bonchev–Trinajstić information content (AvgIpc) is 3.68. The molecule has 0 amide bonds. The van der Waals surface area contributed by atoms with E-state index in [0.717, 1.165) is 59.6 Å². The van der Waals surface area contributed by atoms with Crippen molar-refractivity contribution < 1.29 is 27.7 Å². The number of piperidine rings is 1. The van der Waals surface area contributed by atoms with Crippen LogP contribution in [0.15, 0.2) is 84.3 Å². The van der Waals surface area contributed by atoms with E-state index < -0.39 is 16.1 Å². The topological polar surface area (TPSA) is 119 Å². The summed E-state index contributed by atoms with van der Waals surface area (Å²) in [6.07, 6.45) is 5.62. The van der Waals surface area contributed by atoms with Gasteiger partial charge in [0.1, 0.15) is 25.0 Å². The molecule has 6 rings (SSSR count). The molecule has 1 aromatic heterocycles. The molecule has 12 heteroatoms. The zero-order valence-corrected chi connectivity index (χ0v) is 30.0. The van der Waals surface area contributed by atoms with Crippen molar-refractivity contribution in [2.75, 3.05) is 44.9 Å². The summed E-state index contributed by atoms with van der Waals surface area (Å²) >= 11 is 0. The minimum absolute atomic E-state index is 0.0300. The minimum Gasteiger partial charge on any atom is -0.490 e. The molecule has 0 radical (unpaired) electrons. The van der Waals surface area contributed by atoms with Crippen molar-refractivity contribution in [3.8, 4) is 5.75 Å². The zero-order valence-electron chi connectivity index (χ0n) is 29.2. The number of hydrogen-bond donors (Lipinski definition) is 1. The van der Waals surface area contributed by atoms with Crippen LogP contribution in [0, 0.1) is 6.92 Å². The fraction of sp³-hybridized carbons (Fsp3) is 0.474. The number of aliphatic hydroxyl groups is 1. The number of fused-ring (bicyclic) bond motifs is 1. The van der Waals surface area contributed by atoms with Gasteiger partial charge < -0.3 is 24.2 Å². The lowest BCUT2D eigenvalue weighted by Gasteiger charge is -2.44. The number of sulfonamides is 1. The van der Waals surface area contributed by atoms with Crippen molar-refractivity contribution in [3.05, 3.63) is 102 Å². The Morgan fingerprint density at radius 3 is 2.54 bits per heavy atom. The molecule has 2 aliphatic heterocycles. The van der Waals surface area contributed by atoms with E-state index >= 15 is 0 Å². The van der Waals surface area contributed by atoms with Gasteiger partial charge in [-0.1, -0.05) is 55.0 Å². The van der Waals surface area contributed by atoms with Crippen LogP contribution in [0.5, 0.6) is 5.75 Å². The smallest absolute Gasteiger partial charge is 0.243 e. The molecule has 2 aliphatic rings. The van der Waals surface area contributed by atoms with Crippen molar-refractivity contribution in [1.29, 1.82) is 0 Å². The second-order valence-corrected chi connectivity index (χ2v) is 15.2. The van der Waals surface area contributed by atoms with Crippen molar-refractivity contribution in [2.45, 2.75) is 81.7 Å². The molecule has 1 fully saturated rings. The van der Waals surface area contributed by atoms with Gasteiger partial charge in [-0.15, -0.1) is 0 Å².